The number of carbonyl (C=O) groups excluding carboxylic acids is 2. The van der Waals surface area contributed by atoms with Gasteiger partial charge in [-0.1, -0.05) is 18.2 Å². The first-order chi connectivity index (χ1) is 12.3. The lowest BCUT2D eigenvalue weighted by Gasteiger charge is -2.21. The van der Waals surface area contributed by atoms with Gasteiger partial charge in [-0.3, -0.25) is 9.59 Å². The fourth-order valence-corrected chi connectivity index (χ4v) is 2.93. The predicted molar refractivity (Wildman–Crippen MR) is 94.2 cm³/mol. The van der Waals surface area contributed by atoms with Gasteiger partial charge in [-0.25, -0.2) is 0 Å². The zero-order chi connectivity index (χ0) is 19.2. The van der Waals surface area contributed by atoms with Gasteiger partial charge >= 0.3 is 6.18 Å². The van der Waals surface area contributed by atoms with Crippen molar-refractivity contribution < 1.29 is 22.8 Å². The molecular weight excluding hydrogens is 365 g/mol. The lowest BCUT2D eigenvalue weighted by atomic mass is 10.1. The lowest BCUT2D eigenvalue weighted by Crippen LogP contribution is -2.34. The van der Waals surface area contributed by atoms with Crippen molar-refractivity contribution in [1.82, 2.24) is 10.2 Å². The second kappa shape index (κ2) is 8.84. The second-order valence-electron chi connectivity index (χ2n) is 5.61. The number of benzene rings is 1. The van der Waals surface area contributed by atoms with E-state index in [1.807, 2.05) is 5.38 Å². The molecule has 1 heterocycles. The number of nitrogens with one attached hydrogen (secondary N) is 1. The van der Waals surface area contributed by atoms with Gasteiger partial charge in [0.05, 0.1) is 11.3 Å². The fraction of sp³-hybridized carbons (Fsp3) is 0.333. The van der Waals surface area contributed by atoms with Crippen LogP contribution in [0.4, 0.5) is 13.2 Å². The molecule has 0 saturated heterocycles. The maximum absolute atomic E-state index is 12.4. The summed E-state index contributed by atoms with van der Waals surface area (Å²) in [6, 6.07) is 10.00. The number of carbonyl (C=O) groups is 2. The summed E-state index contributed by atoms with van der Waals surface area (Å²) >= 11 is 1.34. The molecule has 0 bridgehead atoms. The molecule has 0 saturated carbocycles. The van der Waals surface area contributed by atoms with Crippen molar-refractivity contribution in [2.24, 2.45) is 0 Å². The molecule has 8 heteroatoms. The normalized spacial score (nSPS) is 11.2. The van der Waals surface area contributed by atoms with E-state index >= 15 is 0 Å². The maximum Gasteiger partial charge on any atom is 0.390 e. The predicted octanol–water partition coefficient (Wildman–Crippen LogP) is 4.09. The van der Waals surface area contributed by atoms with E-state index in [0.717, 1.165) is 5.56 Å². The Balaban J connectivity index is 1.92. The number of amides is 2. The molecule has 1 N–H and O–H groups in total. The minimum atomic E-state index is -4.29. The summed E-state index contributed by atoms with van der Waals surface area (Å²) in [5.41, 5.74) is 1.12. The highest BCUT2D eigenvalue weighted by molar-refractivity contribution is 7.12. The highest BCUT2D eigenvalue weighted by Crippen LogP contribution is 2.20. The minimum Gasteiger partial charge on any atom is -0.347 e. The molecule has 0 atom stereocenters. The zero-order valence-electron chi connectivity index (χ0n) is 14.2. The van der Waals surface area contributed by atoms with Crippen LogP contribution in [0, 0.1) is 0 Å². The van der Waals surface area contributed by atoms with Crippen LogP contribution >= 0.6 is 11.3 Å². The number of nitrogens with zero attached hydrogens (tertiary/aromatic N) is 1. The molecule has 2 rings (SSSR count). The minimum absolute atomic E-state index is 0.176. The highest BCUT2D eigenvalue weighted by Gasteiger charge is 2.28. The average Bonchev–Trinajstić information content (AvgIpc) is 3.14. The van der Waals surface area contributed by atoms with Crippen molar-refractivity contribution in [3.8, 4) is 0 Å². The largest absolute Gasteiger partial charge is 0.390 e. The Morgan fingerprint density at radius 2 is 1.85 bits per heavy atom. The van der Waals surface area contributed by atoms with Gasteiger partial charge in [0.25, 0.3) is 11.8 Å². The van der Waals surface area contributed by atoms with E-state index in [4.69, 9.17) is 0 Å². The van der Waals surface area contributed by atoms with Crippen molar-refractivity contribution in [1.29, 1.82) is 0 Å². The van der Waals surface area contributed by atoms with Gasteiger partial charge in [-0.2, -0.15) is 13.2 Å². The molecule has 0 aliphatic heterocycles. The Bertz CT molecular complexity index is 728. The number of rotatable bonds is 7. The number of alkyl halides is 3. The Labute approximate surface area is 153 Å². The molecule has 0 spiro atoms. The van der Waals surface area contributed by atoms with Crippen molar-refractivity contribution in [3.63, 3.8) is 0 Å². The van der Waals surface area contributed by atoms with Gasteiger partial charge in [0, 0.05) is 25.2 Å². The van der Waals surface area contributed by atoms with Crippen LogP contribution in [0.3, 0.4) is 0 Å². The van der Waals surface area contributed by atoms with Crippen LogP contribution in [0.25, 0.3) is 0 Å². The summed E-state index contributed by atoms with van der Waals surface area (Å²) in [4.78, 5) is 26.0. The van der Waals surface area contributed by atoms with E-state index in [-0.39, 0.29) is 19.0 Å². The van der Waals surface area contributed by atoms with E-state index < -0.39 is 18.5 Å². The molecule has 1 aromatic carbocycles. The van der Waals surface area contributed by atoms with Crippen LogP contribution in [-0.2, 0) is 6.54 Å². The molecule has 0 unspecified atom stereocenters. The van der Waals surface area contributed by atoms with E-state index in [1.54, 1.807) is 43.3 Å². The van der Waals surface area contributed by atoms with Crippen molar-refractivity contribution >= 4 is 23.2 Å². The number of halogens is 3. The van der Waals surface area contributed by atoms with Gasteiger partial charge < -0.3 is 10.2 Å². The SMILES string of the molecule is CCN(CCC(F)(F)F)C(=O)c1ccc(CNC(=O)c2cccs2)cc1. The molecule has 2 aromatic rings. The molecule has 0 radical (unpaired) electrons. The number of thiophene rings is 1. The summed E-state index contributed by atoms with van der Waals surface area (Å²) < 4.78 is 37.1. The quantitative estimate of drug-likeness (QED) is 0.782. The fourth-order valence-electron chi connectivity index (χ4n) is 2.29. The summed E-state index contributed by atoms with van der Waals surface area (Å²) in [6.45, 7) is 1.78. The Kier molecular flexibility index (Phi) is 6.79. The van der Waals surface area contributed by atoms with Crippen LogP contribution in [0.1, 0.15) is 38.9 Å². The van der Waals surface area contributed by atoms with Gasteiger partial charge in [0.1, 0.15) is 0 Å². The first-order valence-corrected chi connectivity index (χ1v) is 8.95. The summed E-state index contributed by atoms with van der Waals surface area (Å²) in [7, 11) is 0. The second-order valence-corrected chi connectivity index (χ2v) is 6.55. The van der Waals surface area contributed by atoms with Crippen LogP contribution in [0.2, 0.25) is 0 Å². The standard InChI is InChI=1S/C18H19F3N2O2S/c1-2-23(10-9-18(19,20)21)17(25)14-7-5-13(6-8-14)12-22-16(24)15-4-3-11-26-15/h3-8,11H,2,9-10,12H2,1H3,(H,22,24). The molecule has 0 fully saturated rings. The molecule has 140 valence electrons. The third-order valence-corrected chi connectivity index (χ3v) is 4.60. The number of hydrogen-bond donors (Lipinski definition) is 1. The third-order valence-electron chi connectivity index (χ3n) is 3.73. The van der Waals surface area contributed by atoms with Gasteiger partial charge in [0.15, 0.2) is 0 Å². The van der Waals surface area contributed by atoms with Crippen LogP contribution in [0.5, 0.6) is 0 Å². The van der Waals surface area contributed by atoms with Gasteiger partial charge in [-0.15, -0.1) is 11.3 Å². The lowest BCUT2D eigenvalue weighted by molar-refractivity contribution is -0.136. The maximum atomic E-state index is 12.4. The van der Waals surface area contributed by atoms with E-state index in [2.05, 4.69) is 5.32 Å². The summed E-state index contributed by atoms with van der Waals surface area (Å²) in [5, 5.41) is 4.59. The van der Waals surface area contributed by atoms with Crippen LogP contribution < -0.4 is 5.32 Å². The van der Waals surface area contributed by atoms with Gasteiger partial charge in [0.2, 0.25) is 0 Å². The first kappa shape index (κ1) is 20.0. The summed E-state index contributed by atoms with van der Waals surface area (Å²) in [5.74, 6) is -0.615. The topological polar surface area (TPSA) is 49.4 Å². The average molecular weight is 384 g/mol. The van der Waals surface area contributed by atoms with E-state index in [9.17, 15) is 22.8 Å². The monoisotopic (exact) mass is 384 g/mol. The molecule has 2 amide bonds. The summed E-state index contributed by atoms with van der Waals surface area (Å²) in [6.07, 6.45) is -5.32. The Hall–Kier alpha value is -2.35. The molecular formula is C18H19F3N2O2S. The zero-order valence-corrected chi connectivity index (χ0v) is 15.0. The van der Waals surface area contributed by atoms with E-state index in [1.165, 1.54) is 16.2 Å². The Morgan fingerprint density at radius 1 is 1.15 bits per heavy atom. The molecule has 0 aliphatic rings. The smallest absolute Gasteiger partial charge is 0.347 e. The molecule has 4 nitrogen and oxygen atoms in total. The first-order valence-electron chi connectivity index (χ1n) is 8.07. The van der Waals surface area contributed by atoms with Crippen LogP contribution in [0.15, 0.2) is 41.8 Å². The van der Waals surface area contributed by atoms with Crippen molar-refractivity contribution in [2.75, 3.05) is 13.1 Å². The van der Waals surface area contributed by atoms with E-state index in [0.29, 0.717) is 17.0 Å². The van der Waals surface area contributed by atoms with Gasteiger partial charge in [-0.05, 0) is 36.1 Å². The Morgan fingerprint density at radius 3 is 2.38 bits per heavy atom. The molecule has 26 heavy (non-hydrogen) atoms. The van der Waals surface area contributed by atoms with Crippen molar-refractivity contribution in [3.05, 3.63) is 57.8 Å². The molecule has 1 aromatic heterocycles. The molecule has 0 aliphatic carbocycles. The van der Waals surface area contributed by atoms with Crippen molar-refractivity contribution in [2.45, 2.75) is 26.1 Å². The third kappa shape index (κ3) is 5.87. The van der Waals surface area contributed by atoms with Crippen LogP contribution in [-0.4, -0.2) is 36.0 Å². The highest BCUT2D eigenvalue weighted by atomic mass is 32.1. The number of hydrogen-bond acceptors (Lipinski definition) is 3.